The molecule has 0 radical (unpaired) electrons. The molecule has 220 valence electrons. The lowest BCUT2D eigenvalue weighted by Crippen LogP contribution is -2.65. The Hall–Kier alpha value is -1.32. The van der Waals surface area contributed by atoms with Crippen molar-refractivity contribution in [3.8, 4) is 0 Å². The van der Waals surface area contributed by atoms with Gasteiger partial charge in [0.1, 0.15) is 6.10 Å². The third kappa shape index (κ3) is 3.80. The van der Waals surface area contributed by atoms with E-state index in [0.717, 1.165) is 44.9 Å². The zero-order chi connectivity index (χ0) is 28.8. The molecule has 0 spiro atoms. The Labute approximate surface area is 238 Å². The fourth-order valence-corrected chi connectivity index (χ4v) is 11.5. The number of allylic oxidation sites excluding steroid dienone is 2. The van der Waals surface area contributed by atoms with Crippen LogP contribution in [0.1, 0.15) is 120 Å². The molecule has 0 aromatic rings. The molecule has 0 heterocycles. The first-order chi connectivity index (χ1) is 18.1. The minimum Gasteiger partial charge on any atom is -0.469 e. The Morgan fingerprint density at radius 3 is 2.23 bits per heavy atom. The third-order valence-electron chi connectivity index (χ3n) is 14.3. The Morgan fingerprint density at radius 1 is 0.897 bits per heavy atom. The van der Waals surface area contributed by atoms with Crippen molar-refractivity contribution >= 4 is 11.9 Å². The van der Waals surface area contributed by atoms with E-state index in [2.05, 4.69) is 54.5 Å². The van der Waals surface area contributed by atoms with Gasteiger partial charge in [-0.2, -0.15) is 0 Å². The molecule has 5 rings (SSSR count). The lowest BCUT2D eigenvalue weighted by molar-refractivity contribution is -0.215. The Balaban J connectivity index is 1.53. The maximum atomic E-state index is 13.5. The summed E-state index contributed by atoms with van der Waals surface area (Å²) in [6.07, 6.45) is 12.3. The van der Waals surface area contributed by atoms with Crippen LogP contribution in [0.5, 0.6) is 0 Å². The summed E-state index contributed by atoms with van der Waals surface area (Å²) in [4.78, 5) is 26.1. The minimum atomic E-state index is -0.351. The van der Waals surface area contributed by atoms with Gasteiger partial charge in [-0.3, -0.25) is 9.59 Å². The molecule has 5 aliphatic carbocycles. The molecule has 0 N–H and O–H groups in total. The topological polar surface area (TPSA) is 52.6 Å². The number of hydrogen-bond donors (Lipinski definition) is 0. The number of esters is 2. The molecule has 0 aromatic heterocycles. The average Bonchev–Trinajstić information content (AvgIpc) is 2.87. The van der Waals surface area contributed by atoms with Crippen LogP contribution >= 0.6 is 0 Å². The highest BCUT2D eigenvalue weighted by Gasteiger charge is 2.69. The van der Waals surface area contributed by atoms with Crippen LogP contribution in [-0.4, -0.2) is 25.2 Å². The van der Waals surface area contributed by atoms with Crippen LogP contribution < -0.4 is 0 Å². The molecule has 0 unspecified atom stereocenters. The van der Waals surface area contributed by atoms with Crippen molar-refractivity contribution in [2.24, 2.45) is 62.6 Å². The van der Waals surface area contributed by atoms with E-state index in [0.29, 0.717) is 29.6 Å². The van der Waals surface area contributed by atoms with Crippen molar-refractivity contribution in [1.82, 2.24) is 0 Å². The SMILES string of the molecule is COC(=O)[C@]12CC[C@@H](C)[C@H](C)[C@H]1C1=CC[C@@H]3[C@@]4(C)CC[C@H](OC(=O)C(C)C)C(C)(C)[C@@H]4CC[C@@]3(C)[C@]1(C)CC2. The van der Waals surface area contributed by atoms with Gasteiger partial charge in [-0.15, -0.1) is 0 Å². The minimum absolute atomic E-state index is 0.0000377. The molecular formula is C35H56O4. The summed E-state index contributed by atoms with van der Waals surface area (Å²) in [5.41, 5.74) is 1.72. The van der Waals surface area contributed by atoms with Crippen molar-refractivity contribution in [3.05, 3.63) is 11.6 Å². The quantitative estimate of drug-likeness (QED) is 0.266. The number of hydrogen-bond acceptors (Lipinski definition) is 4. The molecule has 0 bridgehead atoms. The predicted molar refractivity (Wildman–Crippen MR) is 156 cm³/mol. The highest BCUT2D eigenvalue weighted by atomic mass is 16.5. The smallest absolute Gasteiger partial charge is 0.312 e. The highest BCUT2D eigenvalue weighted by molar-refractivity contribution is 5.78. The summed E-state index contributed by atoms with van der Waals surface area (Å²) in [5.74, 6) is 2.43. The van der Waals surface area contributed by atoms with E-state index < -0.39 is 0 Å². The van der Waals surface area contributed by atoms with Crippen LogP contribution in [0.15, 0.2) is 11.6 Å². The van der Waals surface area contributed by atoms with Crippen LogP contribution in [-0.2, 0) is 19.1 Å². The van der Waals surface area contributed by atoms with Gasteiger partial charge < -0.3 is 9.47 Å². The van der Waals surface area contributed by atoms with Crippen LogP contribution in [0.3, 0.4) is 0 Å². The van der Waals surface area contributed by atoms with E-state index in [-0.39, 0.29) is 51.0 Å². The van der Waals surface area contributed by atoms with Gasteiger partial charge in [-0.1, -0.05) is 74.0 Å². The number of ether oxygens (including phenoxy) is 2. The molecule has 39 heavy (non-hydrogen) atoms. The molecule has 10 atom stereocenters. The van der Waals surface area contributed by atoms with Crippen molar-refractivity contribution < 1.29 is 19.1 Å². The number of methoxy groups -OCH3 is 1. The van der Waals surface area contributed by atoms with Crippen LogP contribution in [0.25, 0.3) is 0 Å². The first-order valence-electron chi connectivity index (χ1n) is 16.1. The number of rotatable bonds is 3. The lowest BCUT2D eigenvalue weighted by Gasteiger charge is -2.71. The van der Waals surface area contributed by atoms with Crippen LogP contribution in [0, 0.1) is 62.6 Å². The maximum Gasteiger partial charge on any atom is 0.312 e. The van der Waals surface area contributed by atoms with Gasteiger partial charge in [0.25, 0.3) is 0 Å². The van der Waals surface area contributed by atoms with E-state index in [4.69, 9.17) is 9.47 Å². The third-order valence-corrected chi connectivity index (χ3v) is 14.3. The summed E-state index contributed by atoms with van der Waals surface area (Å²) in [6, 6.07) is 0. The standard InChI is InChI=1S/C35H56O4/c1-21(2)29(36)39-27-15-16-32(7)25(31(27,5)6)14-17-34(9)26(32)12-11-24-28-23(4)22(3)13-18-35(28,30(37)38-10)20-19-33(24,34)8/h11,21-23,25-28H,12-20H2,1-10H3/t22-,23+,25+,26-,27+,28+,32+,33-,34-,35+/m1/s1. The Morgan fingerprint density at radius 2 is 1.59 bits per heavy atom. The molecule has 4 saturated carbocycles. The fourth-order valence-electron chi connectivity index (χ4n) is 11.5. The number of carbonyl (C=O) groups excluding carboxylic acids is 2. The molecule has 4 heteroatoms. The fraction of sp³-hybridized carbons (Fsp3) is 0.886. The molecule has 0 saturated heterocycles. The summed E-state index contributed by atoms with van der Waals surface area (Å²) in [7, 11) is 1.59. The van der Waals surface area contributed by atoms with Gasteiger partial charge in [-0.05, 0) is 104 Å². The zero-order valence-corrected chi connectivity index (χ0v) is 26.6. The van der Waals surface area contributed by atoms with Crippen molar-refractivity contribution in [1.29, 1.82) is 0 Å². The maximum absolute atomic E-state index is 13.5. The van der Waals surface area contributed by atoms with E-state index in [1.807, 2.05) is 13.8 Å². The summed E-state index contributed by atoms with van der Waals surface area (Å²) in [6.45, 7) is 21.2. The van der Waals surface area contributed by atoms with Gasteiger partial charge >= 0.3 is 11.9 Å². The van der Waals surface area contributed by atoms with E-state index >= 15 is 0 Å². The lowest BCUT2D eigenvalue weighted by atomic mass is 9.33. The zero-order valence-electron chi connectivity index (χ0n) is 26.6. The molecule has 4 fully saturated rings. The first kappa shape index (κ1) is 29.2. The molecule has 0 aliphatic heterocycles. The largest absolute Gasteiger partial charge is 0.469 e. The van der Waals surface area contributed by atoms with Gasteiger partial charge in [-0.25, -0.2) is 0 Å². The molecule has 0 aromatic carbocycles. The second kappa shape index (κ2) is 9.35. The molecule has 0 amide bonds. The summed E-state index contributed by atoms with van der Waals surface area (Å²) in [5, 5.41) is 0. The summed E-state index contributed by atoms with van der Waals surface area (Å²) >= 11 is 0. The van der Waals surface area contributed by atoms with E-state index in [1.165, 1.54) is 12.8 Å². The van der Waals surface area contributed by atoms with Crippen LogP contribution in [0.4, 0.5) is 0 Å². The Bertz CT molecular complexity index is 1040. The highest BCUT2D eigenvalue weighted by Crippen LogP contribution is 2.76. The van der Waals surface area contributed by atoms with Gasteiger partial charge in [0.15, 0.2) is 0 Å². The van der Waals surface area contributed by atoms with Crippen LogP contribution in [0.2, 0.25) is 0 Å². The second-order valence-electron chi connectivity index (χ2n) is 16.2. The molecule has 4 nitrogen and oxygen atoms in total. The monoisotopic (exact) mass is 540 g/mol. The summed E-state index contributed by atoms with van der Waals surface area (Å²) < 4.78 is 11.7. The van der Waals surface area contributed by atoms with Crippen molar-refractivity contribution in [2.75, 3.05) is 7.11 Å². The number of carbonyl (C=O) groups is 2. The van der Waals surface area contributed by atoms with Gasteiger partial charge in [0.05, 0.1) is 18.4 Å². The first-order valence-corrected chi connectivity index (χ1v) is 16.1. The second-order valence-corrected chi connectivity index (χ2v) is 16.2. The van der Waals surface area contributed by atoms with E-state index in [9.17, 15) is 9.59 Å². The number of fused-ring (bicyclic) bond motifs is 7. The molecule has 5 aliphatic rings. The predicted octanol–water partition coefficient (Wildman–Crippen LogP) is 8.38. The van der Waals surface area contributed by atoms with E-state index in [1.54, 1.807) is 12.7 Å². The Kier molecular flexibility index (Phi) is 6.99. The average molecular weight is 541 g/mol. The molecular weight excluding hydrogens is 484 g/mol. The normalized spacial score (nSPS) is 48.5. The van der Waals surface area contributed by atoms with Gasteiger partial charge in [0, 0.05) is 5.41 Å². The van der Waals surface area contributed by atoms with Crippen molar-refractivity contribution in [2.45, 2.75) is 126 Å². The van der Waals surface area contributed by atoms with Crippen molar-refractivity contribution in [3.63, 3.8) is 0 Å². The van der Waals surface area contributed by atoms with Gasteiger partial charge in [0.2, 0.25) is 0 Å².